The van der Waals surface area contributed by atoms with Gasteiger partial charge in [-0.3, -0.25) is 4.79 Å². The molecule has 1 aliphatic heterocycles. The highest BCUT2D eigenvalue weighted by atomic mass is 35.5. The lowest BCUT2D eigenvalue weighted by Gasteiger charge is -2.16. The lowest BCUT2D eigenvalue weighted by atomic mass is 10.1. The molecule has 1 heterocycles. The number of hydrogen-bond acceptors (Lipinski definition) is 3. The molecular weight excluding hydrogens is 228 g/mol. The van der Waals surface area contributed by atoms with Crippen LogP contribution in [0.5, 0.6) is 0 Å². The van der Waals surface area contributed by atoms with Crippen molar-refractivity contribution >= 4 is 18.3 Å². The van der Waals surface area contributed by atoms with Crippen LogP contribution < -0.4 is 11.1 Å². The summed E-state index contributed by atoms with van der Waals surface area (Å²) in [5.41, 5.74) is 5.50. The zero-order chi connectivity index (χ0) is 10.7. The maximum absolute atomic E-state index is 11.8. The van der Waals surface area contributed by atoms with E-state index in [9.17, 15) is 4.79 Å². The summed E-state index contributed by atoms with van der Waals surface area (Å²) in [6.07, 6.45) is 6.30. The summed E-state index contributed by atoms with van der Waals surface area (Å²) in [7, 11) is 0. The Balaban J connectivity index is 0.00000128. The van der Waals surface area contributed by atoms with E-state index < -0.39 is 0 Å². The molecule has 16 heavy (non-hydrogen) atoms. The van der Waals surface area contributed by atoms with Crippen LogP contribution in [0.3, 0.4) is 0 Å². The standard InChI is InChI=1S/C11H20N2O2.ClH/c12-7-9-5-6-10(15-9)11(14)13-8-3-1-2-4-8;/h8-10H,1-7,12H2,(H,13,14);1H/t9-,10+;/m1./s1. The van der Waals surface area contributed by atoms with Gasteiger partial charge in [0.2, 0.25) is 5.91 Å². The molecule has 0 aromatic carbocycles. The summed E-state index contributed by atoms with van der Waals surface area (Å²) in [5, 5.41) is 3.06. The quantitative estimate of drug-likeness (QED) is 0.783. The van der Waals surface area contributed by atoms with Crippen LogP contribution >= 0.6 is 12.4 Å². The largest absolute Gasteiger partial charge is 0.364 e. The van der Waals surface area contributed by atoms with E-state index in [-0.39, 0.29) is 30.5 Å². The van der Waals surface area contributed by atoms with Crippen LogP contribution in [-0.2, 0) is 9.53 Å². The molecule has 5 heteroatoms. The van der Waals surface area contributed by atoms with Crippen molar-refractivity contribution in [1.82, 2.24) is 5.32 Å². The van der Waals surface area contributed by atoms with E-state index in [2.05, 4.69) is 5.32 Å². The number of hydrogen-bond donors (Lipinski definition) is 2. The topological polar surface area (TPSA) is 64.4 Å². The van der Waals surface area contributed by atoms with Gasteiger partial charge in [0, 0.05) is 12.6 Å². The van der Waals surface area contributed by atoms with E-state index in [1.165, 1.54) is 12.8 Å². The Hall–Kier alpha value is -0.320. The number of halogens is 1. The van der Waals surface area contributed by atoms with E-state index in [4.69, 9.17) is 10.5 Å². The van der Waals surface area contributed by atoms with Crippen LogP contribution in [-0.4, -0.2) is 30.7 Å². The second kappa shape index (κ2) is 6.42. The number of nitrogens with two attached hydrogens (primary N) is 1. The predicted octanol–water partition coefficient (Wildman–Crippen LogP) is 0.973. The van der Waals surface area contributed by atoms with Crippen molar-refractivity contribution < 1.29 is 9.53 Å². The van der Waals surface area contributed by atoms with Gasteiger partial charge in [-0.15, -0.1) is 12.4 Å². The summed E-state index contributed by atoms with van der Waals surface area (Å²) < 4.78 is 5.55. The maximum atomic E-state index is 11.8. The molecule has 1 saturated carbocycles. The second-order valence-electron chi connectivity index (χ2n) is 4.55. The monoisotopic (exact) mass is 248 g/mol. The average Bonchev–Trinajstić information content (AvgIpc) is 2.86. The lowest BCUT2D eigenvalue weighted by Crippen LogP contribution is -2.40. The number of carbonyl (C=O) groups is 1. The Morgan fingerprint density at radius 1 is 1.25 bits per heavy atom. The molecule has 2 rings (SSSR count). The molecule has 2 atom stereocenters. The molecule has 94 valence electrons. The molecule has 4 nitrogen and oxygen atoms in total. The van der Waals surface area contributed by atoms with Gasteiger partial charge in [0.1, 0.15) is 6.10 Å². The summed E-state index contributed by atoms with van der Waals surface area (Å²) >= 11 is 0. The van der Waals surface area contributed by atoms with Gasteiger partial charge in [0.05, 0.1) is 6.10 Å². The average molecular weight is 249 g/mol. The highest BCUT2D eigenvalue weighted by molar-refractivity contribution is 5.85. The molecule has 0 aromatic rings. The van der Waals surface area contributed by atoms with Crippen molar-refractivity contribution in [1.29, 1.82) is 0 Å². The fraction of sp³-hybridized carbons (Fsp3) is 0.909. The fourth-order valence-corrected chi connectivity index (χ4v) is 2.44. The Morgan fingerprint density at radius 3 is 2.50 bits per heavy atom. The smallest absolute Gasteiger partial charge is 0.249 e. The van der Waals surface area contributed by atoms with Gasteiger partial charge < -0.3 is 15.8 Å². The summed E-state index contributed by atoms with van der Waals surface area (Å²) in [4.78, 5) is 11.8. The van der Waals surface area contributed by atoms with E-state index in [0.29, 0.717) is 12.6 Å². The van der Waals surface area contributed by atoms with Crippen LogP contribution in [0, 0.1) is 0 Å². The van der Waals surface area contributed by atoms with Gasteiger partial charge in [0.25, 0.3) is 0 Å². The summed E-state index contributed by atoms with van der Waals surface area (Å²) in [6.45, 7) is 0.521. The first-order valence-corrected chi connectivity index (χ1v) is 5.95. The van der Waals surface area contributed by atoms with Gasteiger partial charge >= 0.3 is 0 Å². The zero-order valence-corrected chi connectivity index (χ0v) is 10.3. The number of rotatable bonds is 3. The minimum atomic E-state index is -0.251. The minimum Gasteiger partial charge on any atom is -0.364 e. The summed E-state index contributed by atoms with van der Waals surface area (Å²) in [5.74, 6) is 0.0675. The van der Waals surface area contributed by atoms with Crippen LogP contribution in [0.2, 0.25) is 0 Å². The molecule has 0 bridgehead atoms. The van der Waals surface area contributed by atoms with Crippen LogP contribution in [0.25, 0.3) is 0 Å². The third-order valence-electron chi connectivity index (χ3n) is 3.36. The predicted molar refractivity (Wildman–Crippen MR) is 64.6 cm³/mol. The molecule has 2 aliphatic rings. The van der Waals surface area contributed by atoms with E-state index in [0.717, 1.165) is 25.7 Å². The SMILES string of the molecule is Cl.NC[C@H]1CC[C@@H](C(=O)NC2CCCC2)O1. The van der Waals surface area contributed by atoms with Gasteiger partial charge in [-0.2, -0.15) is 0 Å². The van der Waals surface area contributed by atoms with Gasteiger partial charge in [0.15, 0.2) is 0 Å². The van der Waals surface area contributed by atoms with Gasteiger partial charge in [-0.25, -0.2) is 0 Å². The normalized spacial score (nSPS) is 30.1. The first-order valence-electron chi connectivity index (χ1n) is 5.95. The zero-order valence-electron chi connectivity index (χ0n) is 9.48. The first-order chi connectivity index (χ1) is 7.29. The molecule has 1 saturated heterocycles. The third kappa shape index (κ3) is 3.34. The van der Waals surface area contributed by atoms with Crippen molar-refractivity contribution in [3.63, 3.8) is 0 Å². The number of carbonyl (C=O) groups excluding carboxylic acids is 1. The number of nitrogens with one attached hydrogen (secondary N) is 1. The van der Waals surface area contributed by atoms with Crippen molar-refractivity contribution in [3.8, 4) is 0 Å². The molecule has 3 N–H and O–H groups in total. The van der Waals surface area contributed by atoms with Crippen molar-refractivity contribution in [2.24, 2.45) is 5.73 Å². The molecule has 2 fully saturated rings. The Bertz CT molecular complexity index is 232. The molecule has 1 amide bonds. The lowest BCUT2D eigenvalue weighted by molar-refractivity contribution is -0.132. The molecule has 0 aromatic heterocycles. The molecule has 1 aliphatic carbocycles. The van der Waals surface area contributed by atoms with Crippen LogP contribution in [0.15, 0.2) is 0 Å². The fourth-order valence-electron chi connectivity index (χ4n) is 2.44. The van der Waals surface area contributed by atoms with Gasteiger partial charge in [-0.05, 0) is 25.7 Å². The van der Waals surface area contributed by atoms with Crippen LogP contribution in [0.4, 0.5) is 0 Å². The Morgan fingerprint density at radius 2 is 1.94 bits per heavy atom. The maximum Gasteiger partial charge on any atom is 0.249 e. The number of amides is 1. The molecular formula is C11H21ClN2O2. The Kier molecular flexibility index (Phi) is 5.52. The molecule has 0 radical (unpaired) electrons. The van der Waals surface area contributed by atoms with E-state index in [1.54, 1.807) is 0 Å². The van der Waals surface area contributed by atoms with Crippen LogP contribution in [0.1, 0.15) is 38.5 Å². The van der Waals surface area contributed by atoms with Crippen molar-refractivity contribution in [3.05, 3.63) is 0 Å². The Labute approximate surface area is 103 Å². The number of ether oxygens (including phenoxy) is 1. The third-order valence-corrected chi connectivity index (χ3v) is 3.36. The highest BCUT2D eigenvalue weighted by Gasteiger charge is 2.31. The minimum absolute atomic E-state index is 0. The van der Waals surface area contributed by atoms with Crippen molar-refractivity contribution in [2.75, 3.05) is 6.54 Å². The van der Waals surface area contributed by atoms with Crippen molar-refractivity contribution in [2.45, 2.75) is 56.8 Å². The molecule has 0 spiro atoms. The van der Waals surface area contributed by atoms with E-state index >= 15 is 0 Å². The van der Waals surface area contributed by atoms with E-state index in [1.807, 2.05) is 0 Å². The second-order valence-corrected chi connectivity index (χ2v) is 4.55. The van der Waals surface area contributed by atoms with Gasteiger partial charge in [-0.1, -0.05) is 12.8 Å². The summed E-state index contributed by atoms with van der Waals surface area (Å²) in [6, 6.07) is 0.387. The highest BCUT2D eigenvalue weighted by Crippen LogP contribution is 2.21. The molecule has 0 unspecified atom stereocenters. The first kappa shape index (κ1) is 13.7.